The lowest BCUT2D eigenvalue weighted by molar-refractivity contribution is 0.241. The molecule has 3 nitrogen and oxygen atoms in total. The Labute approximate surface area is 174 Å². The number of nitrogens with zero attached hydrogens (tertiary/aromatic N) is 1. The number of likely N-dealkylation sites (N-methyl/N-ethyl adjacent to an activating group) is 1. The standard InChI is InChI=1S/C26H30N2O/c1-3-25(21-10-6-4-7-11-21)26(22-12-8-5-9-13-22)23-14-16-24(17-15-23)29-19-18-28(2)20-27/h4-17H,3,18-20,27H2,1-2H3. The largest absolute Gasteiger partial charge is 0.492 e. The number of allylic oxidation sites excluding steroid dienone is 1. The minimum absolute atomic E-state index is 0.535. The van der Waals surface area contributed by atoms with Gasteiger partial charge in [0.15, 0.2) is 0 Å². The highest BCUT2D eigenvalue weighted by Crippen LogP contribution is 2.34. The van der Waals surface area contributed by atoms with Gasteiger partial charge in [0.1, 0.15) is 12.4 Å². The molecule has 0 fully saturated rings. The number of benzene rings is 3. The minimum atomic E-state index is 0.535. The summed E-state index contributed by atoms with van der Waals surface area (Å²) in [7, 11) is 1.99. The molecule has 3 aromatic carbocycles. The van der Waals surface area contributed by atoms with E-state index in [0.29, 0.717) is 13.3 Å². The molecule has 2 N–H and O–H groups in total. The van der Waals surface area contributed by atoms with Gasteiger partial charge in [-0.1, -0.05) is 79.7 Å². The van der Waals surface area contributed by atoms with E-state index < -0.39 is 0 Å². The van der Waals surface area contributed by atoms with Gasteiger partial charge in [-0.05, 0) is 53.4 Å². The van der Waals surface area contributed by atoms with Gasteiger partial charge in [-0.2, -0.15) is 0 Å². The molecule has 29 heavy (non-hydrogen) atoms. The number of rotatable bonds is 9. The Hall–Kier alpha value is -2.88. The molecule has 0 aliphatic carbocycles. The third-order valence-corrected chi connectivity index (χ3v) is 5.04. The number of hydrogen-bond acceptors (Lipinski definition) is 3. The second kappa shape index (κ2) is 10.6. The maximum atomic E-state index is 5.88. The second-order valence-corrected chi connectivity index (χ2v) is 7.07. The van der Waals surface area contributed by atoms with Gasteiger partial charge in [0.05, 0.1) is 0 Å². The summed E-state index contributed by atoms with van der Waals surface area (Å²) >= 11 is 0. The Kier molecular flexibility index (Phi) is 7.62. The molecule has 0 saturated carbocycles. The monoisotopic (exact) mass is 386 g/mol. The molecule has 3 heteroatoms. The predicted molar refractivity (Wildman–Crippen MR) is 123 cm³/mol. The van der Waals surface area contributed by atoms with Crippen molar-refractivity contribution in [2.75, 3.05) is 26.9 Å². The van der Waals surface area contributed by atoms with E-state index in [-0.39, 0.29) is 0 Å². The van der Waals surface area contributed by atoms with Gasteiger partial charge >= 0.3 is 0 Å². The Balaban J connectivity index is 1.94. The first-order chi connectivity index (χ1) is 14.2. The molecule has 0 radical (unpaired) electrons. The maximum Gasteiger partial charge on any atom is 0.119 e. The molecule has 0 bridgehead atoms. The highest BCUT2D eigenvalue weighted by Gasteiger charge is 2.13. The van der Waals surface area contributed by atoms with E-state index in [9.17, 15) is 0 Å². The van der Waals surface area contributed by atoms with Crippen LogP contribution in [0.2, 0.25) is 0 Å². The van der Waals surface area contributed by atoms with E-state index in [4.69, 9.17) is 10.5 Å². The van der Waals surface area contributed by atoms with Crippen molar-refractivity contribution in [3.05, 3.63) is 102 Å². The third-order valence-electron chi connectivity index (χ3n) is 5.04. The highest BCUT2D eigenvalue weighted by molar-refractivity contribution is 5.98. The van der Waals surface area contributed by atoms with Crippen molar-refractivity contribution < 1.29 is 4.74 Å². The Morgan fingerprint density at radius 2 is 1.34 bits per heavy atom. The van der Waals surface area contributed by atoms with Crippen LogP contribution in [0, 0.1) is 0 Å². The summed E-state index contributed by atoms with van der Waals surface area (Å²) in [6.45, 7) is 4.18. The normalized spacial score (nSPS) is 12.0. The summed E-state index contributed by atoms with van der Waals surface area (Å²) in [5.41, 5.74) is 11.9. The van der Waals surface area contributed by atoms with Crippen LogP contribution in [-0.4, -0.2) is 31.8 Å². The van der Waals surface area contributed by atoms with E-state index in [1.807, 2.05) is 11.9 Å². The van der Waals surface area contributed by atoms with Crippen LogP contribution in [0.15, 0.2) is 84.9 Å². The van der Waals surface area contributed by atoms with E-state index in [0.717, 1.165) is 18.7 Å². The first kappa shape index (κ1) is 20.8. The lowest BCUT2D eigenvalue weighted by Crippen LogP contribution is -2.29. The van der Waals surface area contributed by atoms with Gasteiger partial charge in [0.2, 0.25) is 0 Å². The van der Waals surface area contributed by atoms with Gasteiger partial charge in [0.25, 0.3) is 0 Å². The molecule has 0 aliphatic heterocycles. The van der Waals surface area contributed by atoms with Crippen molar-refractivity contribution in [3.63, 3.8) is 0 Å². The first-order valence-electron chi connectivity index (χ1n) is 10.2. The van der Waals surface area contributed by atoms with Crippen LogP contribution in [0.25, 0.3) is 11.1 Å². The average molecular weight is 387 g/mol. The molecule has 0 spiro atoms. The van der Waals surface area contributed by atoms with Gasteiger partial charge in [-0.15, -0.1) is 0 Å². The summed E-state index contributed by atoms with van der Waals surface area (Å²) < 4.78 is 5.88. The predicted octanol–water partition coefficient (Wildman–Crippen LogP) is 5.28. The van der Waals surface area contributed by atoms with Crippen molar-refractivity contribution in [1.82, 2.24) is 4.90 Å². The van der Waals surface area contributed by atoms with Crippen LogP contribution < -0.4 is 10.5 Å². The van der Waals surface area contributed by atoms with Crippen molar-refractivity contribution in [3.8, 4) is 5.75 Å². The minimum Gasteiger partial charge on any atom is -0.492 e. The number of nitrogens with two attached hydrogens (primary N) is 1. The fourth-order valence-electron chi connectivity index (χ4n) is 3.41. The Bertz CT molecular complexity index is 902. The molecule has 0 unspecified atom stereocenters. The summed E-state index contributed by atoms with van der Waals surface area (Å²) in [6.07, 6.45) is 0.956. The van der Waals surface area contributed by atoms with Crippen molar-refractivity contribution in [2.45, 2.75) is 13.3 Å². The van der Waals surface area contributed by atoms with Gasteiger partial charge < -0.3 is 10.5 Å². The molecule has 3 rings (SSSR count). The zero-order chi connectivity index (χ0) is 20.5. The van der Waals surface area contributed by atoms with Crippen LogP contribution in [0.5, 0.6) is 5.75 Å². The van der Waals surface area contributed by atoms with Gasteiger partial charge in [0, 0.05) is 13.2 Å². The van der Waals surface area contributed by atoms with Crippen LogP contribution >= 0.6 is 0 Å². The zero-order valence-electron chi connectivity index (χ0n) is 17.3. The summed E-state index contributed by atoms with van der Waals surface area (Å²) in [6, 6.07) is 29.7. The molecule has 0 amide bonds. The Morgan fingerprint density at radius 3 is 1.90 bits per heavy atom. The fourth-order valence-corrected chi connectivity index (χ4v) is 3.41. The molecule has 0 atom stereocenters. The molecule has 3 aromatic rings. The molecule has 0 saturated heterocycles. The SMILES string of the molecule is CCC(=C(c1ccccc1)c1ccc(OCCN(C)CN)cc1)c1ccccc1. The third kappa shape index (κ3) is 5.57. The van der Waals surface area contributed by atoms with E-state index in [1.54, 1.807) is 0 Å². The second-order valence-electron chi connectivity index (χ2n) is 7.07. The fraction of sp³-hybridized carbons (Fsp3) is 0.231. The molecule has 0 aromatic heterocycles. The first-order valence-corrected chi connectivity index (χ1v) is 10.2. The molecule has 0 aliphatic rings. The number of ether oxygens (including phenoxy) is 1. The summed E-state index contributed by atoms with van der Waals surface area (Å²) in [5.74, 6) is 0.879. The van der Waals surface area contributed by atoms with Crippen LogP contribution in [0.4, 0.5) is 0 Å². The molecule has 150 valence electrons. The molecular weight excluding hydrogens is 356 g/mol. The topological polar surface area (TPSA) is 38.5 Å². The maximum absolute atomic E-state index is 5.88. The van der Waals surface area contributed by atoms with Crippen molar-refractivity contribution in [1.29, 1.82) is 0 Å². The van der Waals surface area contributed by atoms with Crippen molar-refractivity contribution >= 4 is 11.1 Å². The van der Waals surface area contributed by atoms with E-state index in [2.05, 4.69) is 91.9 Å². The van der Waals surface area contributed by atoms with Crippen LogP contribution in [0.3, 0.4) is 0 Å². The van der Waals surface area contributed by atoms with E-state index >= 15 is 0 Å². The highest BCUT2D eigenvalue weighted by atomic mass is 16.5. The van der Waals surface area contributed by atoms with Crippen molar-refractivity contribution in [2.24, 2.45) is 5.73 Å². The van der Waals surface area contributed by atoms with Crippen LogP contribution in [-0.2, 0) is 0 Å². The Morgan fingerprint density at radius 1 is 0.793 bits per heavy atom. The van der Waals surface area contributed by atoms with Crippen LogP contribution in [0.1, 0.15) is 30.0 Å². The lowest BCUT2D eigenvalue weighted by Gasteiger charge is -2.17. The lowest BCUT2D eigenvalue weighted by atomic mass is 9.88. The molecule has 0 heterocycles. The smallest absolute Gasteiger partial charge is 0.119 e. The summed E-state index contributed by atoms with van der Waals surface area (Å²) in [5, 5.41) is 0. The van der Waals surface area contributed by atoms with Gasteiger partial charge in [-0.25, -0.2) is 0 Å². The quantitative estimate of drug-likeness (QED) is 0.401. The summed E-state index contributed by atoms with van der Waals surface area (Å²) in [4.78, 5) is 2.03. The average Bonchev–Trinajstić information content (AvgIpc) is 2.79. The molecular formula is C26H30N2O. The number of hydrogen-bond donors (Lipinski definition) is 1. The zero-order valence-corrected chi connectivity index (χ0v) is 17.3. The van der Waals surface area contributed by atoms with Gasteiger partial charge in [-0.3, -0.25) is 4.90 Å². The van der Waals surface area contributed by atoms with E-state index in [1.165, 1.54) is 27.8 Å².